The Labute approximate surface area is 453 Å². The molecule has 0 aliphatic rings. The number of hydrogen-bond donors (Lipinski definition) is 0. The lowest BCUT2D eigenvalue weighted by molar-refractivity contribution is -0.167. The van der Waals surface area contributed by atoms with E-state index in [0.29, 0.717) is 19.3 Å². The summed E-state index contributed by atoms with van der Waals surface area (Å²) in [5.74, 6) is -0.864. The first kappa shape index (κ1) is 70.1. The molecule has 1 atom stereocenters. The molecule has 0 rings (SSSR count). The van der Waals surface area contributed by atoms with Gasteiger partial charge in [-0.25, -0.2) is 0 Å². The van der Waals surface area contributed by atoms with Gasteiger partial charge in [-0.05, 0) is 83.5 Å². The molecule has 0 heterocycles. The highest BCUT2D eigenvalue weighted by Gasteiger charge is 2.19. The van der Waals surface area contributed by atoms with Crippen LogP contribution in [0.5, 0.6) is 0 Å². The minimum atomic E-state index is -0.774. The summed E-state index contributed by atoms with van der Waals surface area (Å²) in [6.07, 6.45) is 78.1. The third kappa shape index (κ3) is 59.9. The average Bonchev–Trinajstić information content (AvgIpc) is 3.39. The van der Waals surface area contributed by atoms with E-state index in [4.69, 9.17) is 14.2 Å². The van der Waals surface area contributed by atoms with E-state index in [1.807, 2.05) is 0 Å². The summed E-state index contributed by atoms with van der Waals surface area (Å²) in [6, 6.07) is 0. The zero-order valence-electron chi connectivity index (χ0n) is 48.7. The second-order valence-electron chi connectivity index (χ2n) is 21.3. The highest BCUT2D eigenvalue weighted by Crippen LogP contribution is 2.17. The summed E-state index contributed by atoms with van der Waals surface area (Å²) >= 11 is 0. The van der Waals surface area contributed by atoms with Gasteiger partial charge < -0.3 is 14.2 Å². The highest BCUT2D eigenvalue weighted by molar-refractivity contribution is 5.71. The number of esters is 3. The summed E-state index contributed by atoms with van der Waals surface area (Å²) in [4.78, 5) is 38.2. The molecule has 0 saturated carbocycles. The van der Waals surface area contributed by atoms with Gasteiger partial charge in [0.15, 0.2) is 6.10 Å². The van der Waals surface area contributed by atoms with Crippen LogP contribution < -0.4 is 0 Å². The van der Waals surface area contributed by atoms with Crippen molar-refractivity contribution < 1.29 is 28.6 Å². The van der Waals surface area contributed by atoms with Gasteiger partial charge in [0.2, 0.25) is 0 Å². The van der Waals surface area contributed by atoms with Crippen LogP contribution >= 0.6 is 0 Å². The first-order chi connectivity index (χ1) is 36.0. The molecule has 0 aromatic carbocycles. The zero-order chi connectivity index (χ0) is 52.9. The fraction of sp³-hybridized carbons (Fsp3) is 0.806. The molecule has 0 aliphatic heterocycles. The summed E-state index contributed by atoms with van der Waals surface area (Å²) in [6.45, 7) is 6.54. The summed E-state index contributed by atoms with van der Waals surface area (Å²) in [7, 11) is 0. The van der Waals surface area contributed by atoms with Crippen LogP contribution in [0.25, 0.3) is 0 Å². The number of unbranched alkanes of at least 4 members (excludes halogenated alkanes) is 37. The van der Waals surface area contributed by atoms with E-state index in [-0.39, 0.29) is 31.1 Å². The lowest BCUT2D eigenvalue weighted by atomic mass is 10.0. The minimum Gasteiger partial charge on any atom is -0.462 e. The van der Waals surface area contributed by atoms with Gasteiger partial charge in [-0.3, -0.25) is 14.4 Å². The van der Waals surface area contributed by atoms with Gasteiger partial charge in [0, 0.05) is 19.3 Å². The predicted molar refractivity (Wildman–Crippen MR) is 316 cm³/mol. The van der Waals surface area contributed by atoms with Crippen LogP contribution in [-0.2, 0) is 28.6 Å². The first-order valence-corrected chi connectivity index (χ1v) is 31.8. The SMILES string of the molecule is CC/C=C\C/C=C\C/C=C\C/C=C\CCCCCCCCCCCCCCCCCCC(=O)OCC(COC(=O)CCCCCCCCCCCCCCC)OC(=O)CCCCCCC/C=C\CCCCCC. The number of rotatable bonds is 58. The molecule has 424 valence electrons. The Morgan fingerprint density at radius 3 is 0.863 bits per heavy atom. The lowest BCUT2D eigenvalue weighted by Gasteiger charge is -2.18. The summed E-state index contributed by atoms with van der Waals surface area (Å²) in [5.41, 5.74) is 0. The maximum Gasteiger partial charge on any atom is 0.306 e. The highest BCUT2D eigenvalue weighted by atomic mass is 16.6. The summed E-state index contributed by atoms with van der Waals surface area (Å²) in [5, 5.41) is 0. The molecular weight excluding hydrogens is 901 g/mol. The normalized spacial score (nSPS) is 12.4. The van der Waals surface area contributed by atoms with Gasteiger partial charge in [0.25, 0.3) is 0 Å². The Morgan fingerprint density at radius 1 is 0.288 bits per heavy atom. The number of carbonyl (C=O) groups is 3. The van der Waals surface area contributed by atoms with Gasteiger partial charge in [-0.2, -0.15) is 0 Å². The van der Waals surface area contributed by atoms with Gasteiger partial charge in [0.1, 0.15) is 13.2 Å². The van der Waals surface area contributed by atoms with E-state index < -0.39 is 6.10 Å². The first-order valence-electron chi connectivity index (χ1n) is 31.8. The Bertz CT molecular complexity index is 1310. The van der Waals surface area contributed by atoms with E-state index >= 15 is 0 Å². The largest absolute Gasteiger partial charge is 0.462 e. The van der Waals surface area contributed by atoms with Crippen molar-refractivity contribution in [2.75, 3.05) is 13.2 Å². The quantitative estimate of drug-likeness (QED) is 0.0261. The number of carbonyl (C=O) groups excluding carboxylic acids is 3. The van der Waals surface area contributed by atoms with Crippen molar-refractivity contribution >= 4 is 17.9 Å². The molecule has 6 heteroatoms. The molecule has 1 unspecified atom stereocenters. The van der Waals surface area contributed by atoms with Crippen LogP contribution in [-0.4, -0.2) is 37.2 Å². The van der Waals surface area contributed by atoms with Crippen molar-refractivity contribution in [3.8, 4) is 0 Å². The van der Waals surface area contributed by atoms with E-state index in [0.717, 1.165) is 89.9 Å². The van der Waals surface area contributed by atoms with E-state index in [1.165, 1.54) is 199 Å². The Hall–Kier alpha value is -2.89. The molecule has 0 saturated heterocycles. The molecule has 0 aromatic rings. The summed E-state index contributed by atoms with van der Waals surface area (Å²) < 4.78 is 16.9. The van der Waals surface area contributed by atoms with Gasteiger partial charge in [-0.1, -0.05) is 287 Å². The molecule has 0 aromatic heterocycles. The number of hydrogen-bond acceptors (Lipinski definition) is 6. The third-order valence-electron chi connectivity index (χ3n) is 14.0. The molecule has 0 aliphatic carbocycles. The molecule has 0 radical (unpaired) electrons. The van der Waals surface area contributed by atoms with Crippen molar-refractivity contribution in [3.63, 3.8) is 0 Å². The molecule has 0 bridgehead atoms. The van der Waals surface area contributed by atoms with E-state index in [1.54, 1.807) is 0 Å². The van der Waals surface area contributed by atoms with Crippen LogP contribution in [0.15, 0.2) is 60.8 Å². The average molecular weight is 1020 g/mol. The maximum atomic E-state index is 12.8. The molecule has 0 N–H and O–H groups in total. The van der Waals surface area contributed by atoms with Crippen molar-refractivity contribution in [2.45, 2.75) is 335 Å². The molecule has 6 nitrogen and oxygen atoms in total. The van der Waals surface area contributed by atoms with Crippen LogP contribution in [0.1, 0.15) is 329 Å². The Morgan fingerprint density at radius 2 is 0.534 bits per heavy atom. The Kier molecular flexibility index (Phi) is 59.2. The monoisotopic (exact) mass is 1020 g/mol. The predicted octanol–water partition coefficient (Wildman–Crippen LogP) is 21.6. The minimum absolute atomic E-state index is 0.0724. The van der Waals surface area contributed by atoms with Gasteiger partial charge in [0.05, 0.1) is 0 Å². The van der Waals surface area contributed by atoms with Crippen molar-refractivity contribution in [3.05, 3.63) is 60.8 Å². The standard InChI is InChI=1S/C67H120O6/c1-4-7-10-13-16-19-22-25-26-27-28-29-30-31-32-33-34-35-36-37-38-39-40-43-45-48-51-54-57-60-66(69)72-63-64(73-67(70)61-58-55-52-49-46-42-24-21-18-15-12-9-6-3)62-71-65(68)59-56-53-50-47-44-41-23-20-17-14-11-8-5-2/h7,10,16,19,21,24-26,28-29,64H,4-6,8-9,11-15,17-18,20,22-23,27,30-63H2,1-3H3/b10-7-,19-16-,24-21-,26-25-,29-28-. The Balaban J connectivity index is 4.16. The van der Waals surface area contributed by atoms with E-state index in [2.05, 4.69) is 81.5 Å². The lowest BCUT2D eigenvalue weighted by Crippen LogP contribution is -2.30. The van der Waals surface area contributed by atoms with Crippen LogP contribution in [0.4, 0.5) is 0 Å². The second kappa shape index (κ2) is 61.7. The molecule has 0 amide bonds. The third-order valence-corrected chi connectivity index (χ3v) is 14.0. The van der Waals surface area contributed by atoms with Crippen molar-refractivity contribution in [1.29, 1.82) is 0 Å². The molecule has 0 spiro atoms. The molecule has 0 fully saturated rings. The second-order valence-corrected chi connectivity index (χ2v) is 21.3. The molecule has 73 heavy (non-hydrogen) atoms. The fourth-order valence-electron chi connectivity index (χ4n) is 9.25. The number of ether oxygens (including phenoxy) is 3. The van der Waals surface area contributed by atoms with Crippen LogP contribution in [0.3, 0.4) is 0 Å². The van der Waals surface area contributed by atoms with Crippen molar-refractivity contribution in [2.24, 2.45) is 0 Å². The van der Waals surface area contributed by atoms with E-state index in [9.17, 15) is 14.4 Å². The van der Waals surface area contributed by atoms with Crippen LogP contribution in [0.2, 0.25) is 0 Å². The van der Waals surface area contributed by atoms with Gasteiger partial charge >= 0.3 is 17.9 Å². The van der Waals surface area contributed by atoms with Crippen LogP contribution in [0, 0.1) is 0 Å². The zero-order valence-corrected chi connectivity index (χ0v) is 48.7. The van der Waals surface area contributed by atoms with Crippen molar-refractivity contribution in [1.82, 2.24) is 0 Å². The topological polar surface area (TPSA) is 78.9 Å². The molecular formula is C67H120O6. The fourth-order valence-corrected chi connectivity index (χ4v) is 9.25. The smallest absolute Gasteiger partial charge is 0.306 e. The maximum absolute atomic E-state index is 12.8. The number of allylic oxidation sites excluding steroid dienone is 10. The van der Waals surface area contributed by atoms with Gasteiger partial charge in [-0.15, -0.1) is 0 Å².